The molecule has 1 aliphatic rings. The van der Waals surface area contributed by atoms with E-state index in [2.05, 4.69) is 9.44 Å². The lowest BCUT2D eigenvalue weighted by atomic mass is 10.1. The van der Waals surface area contributed by atoms with Gasteiger partial charge in [0.25, 0.3) is 10.2 Å². The minimum absolute atomic E-state index is 0.319. The van der Waals surface area contributed by atoms with Gasteiger partial charge in [-0.05, 0) is 11.1 Å². The van der Waals surface area contributed by atoms with Gasteiger partial charge in [0.2, 0.25) is 0 Å². The van der Waals surface area contributed by atoms with Crippen molar-refractivity contribution in [3.8, 4) is 0 Å². The van der Waals surface area contributed by atoms with E-state index >= 15 is 0 Å². The molecule has 0 fully saturated rings. The number of hydrogen-bond donors (Lipinski definition) is 3. The zero-order valence-corrected chi connectivity index (χ0v) is 10.4. The van der Waals surface area contributed by atoms with Crippen molar-refractivity contribution in [1.82, 2.24) is 9.44 Å². The van der Waals surface area contributed by atoms with Crippen LogP contribution in [-0.4, -0.2) is 26.2 Å². The lowest BCUT2D eigenvalue weighted by Gasteiger charge is -2.17. The van der Waals surface area contributed by atoms with Crippen molar-refractivity contribution in [2.24, 2.45) is 0 Å². The first kappa shape index (κ1) is 12.5. The number of hydrogen-bond acceptors (Lipinski definition) is 3. The van der Waals surface area contributed by atoms with Gasteiger partial charge in [0, 0.05) is 13.0 Å². The highest BCUT2D eigenvalue weighted by molar-refractivity contribution is 7.87. The van der Waals surface area contributed by atoms with Crippen molar-refractivity contribution in [3.63, 3.8) is 0 Å². The Morgan fingerprint density at radius 3 is 2.82 bits per heavy atom. The van der Waals surface area contributed by atoms with Gasteiger partial charge in [-0.2, -0.15) is 13.1 Å². The molecule has 0 saturated heterocycles. The SMILES string of the molecule is CCNS(=O)(=O)NC1c2ccccc2CC1O. The van der Waals surface area contributed by atoms with Crippen LogP contribution in [-0.2, 0) is 16.6 Å². The first-order chi connectivity index (χ1) is 8.03. The summed E-state index contributed by atoms with van der Waals surface area (Å²) in [5, 5.41) is 9.89. The summed E-state index contributed by atoms with van der Waals surface area (Å²) < 4.78 is 28.0. The van der Waals surface area contributed by atoms with Gasteiger partial charge in [0.05, 0.1) is 12.1 Å². The fraction of sp³-hybridized carbons (Fsp3) is 0.455. The highest BCUT2D eigenvalue weighted by atomic mass is 32.2. The van der Waals surface area contributed by atoms with Crippen molar-refractivity contribution in [2.45, 2.75) is 25.5 Å². The second-order valence-corrected chi connectivity index (χ2v) is 5.60. The second kappa shape index (κ2) is 4.73. The minimum atomic E-state index is -3.55. The van der Waals surface area contributed by atoms with Gasteiger partial charge in [-0.15, -0.1) is 0 Å². The van der Waals surface area contributed by atoms with Crippen LogP contribution in [0.5, 0.6) is 0 Å². The molecule has 94 valence electrons. The summed E-state index contributed by atoms with van der Waals surface area (Å²) in [5.41, 5.74) is 1.84. The Balaban J connectivity index is 2.23. The summed E-state index contributed by atoms with van der Waals surface area (Å²) in [5.74, 6) is 0. The fourth-order valence-corrected chi connectivity index (χ4v) is 3.20. The molecule has 0 spiro atoms. The van der Waals surface area contributed by atoms with Gasteiger partial charge in [-0.25, -0.2) is 4.72 Å². The predicted octanol–water partition coefficient (Wildman–Crippen LogP) is 0.0886. The van der Waals surface area contributed by atoms with Crippen LogP contribution in [0.4, 0.5) is 0 Å². The third-order valence-corrected chi connectivity index (χ3v) is 4.05. The Hall–Kier alpha value is -0.950. The van der Waals surface area contributed by atoms with Crippen LogP contribution in [0.3, 0.4) is 0 Å². The highest BCUT2D eigenvalue weighted by Crippen LogP contribution is 2.31. The lowest BCUT2D eigenvalue weighted by Crippen LogP contribution is -2.41. The summed E-state index contributed by atoms with van der Waals surface area (Å²) in [7, 11) is -3.55. The molecular weight excluding hydrogens is 240 g/mol. The highest BCUT2D eigenvalue weighted by Gasteiger charge is 2.33. The Morgan fingerprint density at radius 2 is 2.12 bits per heavy atom. The predicted molar refractivity (Wildman–Crippen MR) is 64.6 cm³/mol. The zero-order valence-electron chi connectivity index (χ0n) is 9.55. The molecule has 0 heterocycles. The van der Waals surface area contributed by atoms with E-state index < -0.39 is 22.4 Å². The van der Waals surface area contributed by atoms with Gasteiger partial charge < -0.3 is 5.11 Å². The summed E-state index contributed by atoms with van der Waals surface area (Å²) in [4.78, 5) is 0. The number of aliphatic hydroxyl groups is 1. The molecule has 1 aliphatic carbocycles. The maximum Gasteiger partial charge on any atom is 0.277 e. The Labute approximate surface area is 101 Å². The maximum atomic E-state index is 11.6. The van der Waals surface area contributed by atoms with Gasteiger partial charge in [-0.1, -0.05) is 31.2 Å². The first-order valence-electron chi connectivity index (χ1n) is 5.56. The molecule has 0 aromatic heterocycles. The largest absolute Gasteiger partial charge is 0.391 e. The molecule has 1 aromatic carbocycles. The standard InChI is InChI=1S/C11H16N2O3S/c1-2-12-17(15,16)13-11-9-6-4-3-5-8(9)7-10(11)14/h3-6,10-14H,2,7H2,1H3. The fourth-order valence-electron chi connectivity index (χ4n) is 2.11. The normalized spacial score (nSPS) is 23.6. The zero-order chi connectivity index (χ0) is 12.5. The minimum Gasteiger partial charge on any atom is -0.391 e. The van der Waals surface area contributed by atoms with Crippen molar-refractivity contribution in [1.29, 1.82) is 0 Å². The lowest BCUT2D eigenvalue weighted by molar-refractivity contribution is 0.151. The Bertz CT molecular complexity index is 501. The van der Waals surface area contributed by atoms with E-state index in [9.17, 15) is 13.5 Å². The van der Waals surface area contributed by atoms with Crippen molar-refractivity contribution in [2.75, 3.05) is 6.54 Å². The quantitative estimate of drug-likeness (QED) is 0.714. The third kappa shape index (κ3) is 2.66. The molecule has 0 aliphatic heterocycles. The average molecular weight is 256 g/mol. The van der Waals surface area contributed by atoms with E-state index in [1.54, 1.807) is 6.92 Å². The number of fused-ring (bicyclic) bond motifs is 1. The van der Waals surface area contributed by atoms with Gasteiger partial charge in [0.15, 0.2) is 0 Å². The van der Waals surface area contributed by atoms with Crippen LogP contribution in [0.1, 0.15) is 24.1 Å². The van der Waals surface area contributed by atoms with Crippen molar-refractivity contribution in [3.05, 3.63) is 35.4 Å². The summed E-state index contributed by atoms with van der Waals surface area (Å²) in [6.07, 6.45) is -0.226. The third-order valence-electron chi connectivity index (χ3n) is 2.82. The molecule has 0 bridgehead atoms. The maximum absolute atomic E-state index is 11.6. The molecular formula is C11H16N2O3S. The number of nitrogens with one attached hydrogen (secondary N) is 2. The smallest absolute Gasteiger partial charge is 0.277 e. The molecule has 3 N–H and O–H groups in total. The van der Waals surface area contributed by atoms with Crippen LogP contribution in [0, 0.1) is 0 Å². The first-order valence-corrected chi connectivity index (χ1v) is 7.04. The molecule has 5 nitrogen and oxygen atoms in total. The van der Waals surface area contributed by atoms with Crippen molar-refractivity contribution >= 4 is 10.2 Å². The average Bonchev–Trinajstić information content (AvgIpc) is 2.55. The molecule has 0 amide bonds. The summed E-state index contributed by atoms with van der Waals surface area (Å²) in [6.45, 7) is 2.03. The topological polar surface area (TPSA) is 78.4 Å². The number of benzene rings is 1. The van der Waals surface area contributed by atoms with Crippen LogP contribution in [0.25, 0.3) is 0 Å². The Kier molecular flexibility index (Phi) is 3.48. The molecule has 0 radical (unpaired) electrons. The monoisotopic (exact) mass is 256 g/mol. The van der Waals surface area contributed by atoms with Crippen LogP contribution >= 0.6 is 0 Å². The number of rotatable bonds is 4. The molecule has 6 heteroatoms. The van der Waals surface area contributed by atoms with E-state index in [1.165, 1.54) is 0 Å². The van der Waals surface area contributed by atoms with E-state index in [0.29, 0.717) is 13.0 Å². The van der Waals surface area contributed by atoms with Crippen LogP contribution in [0.15, 0.2) is 24.3 Å². The van der Waals surface area contributed by atoms with E-state index in [-0.39, 0.29) is 0 Å². The van der Waals surface area contributed by atoms with Crippen molar-refractivity contribution < 1.29 is 13.5 Å². The van der Waals surface area contributed by atoms with Crippen LogP contribution in [0.2, 0.25) is 0 Å². The van der Waals surface area contributed by atoms with Gasteiger partial charge >= 0.3 is 0 Å². The summed E-state index contributed by atoms with van der Waals surface area (Å²) in [6, 6.07) is 6.90. The Morgan fingerprint density at radius 1 is 1.41 bits per heavy atom. The van der Waals surface area contributed by atoms with Crippen LogP contribution < -0.4 is 9.44 Å². The van der Waals surface area contributed by atoms with Gasteiger partial charge in [0.1, 0.15) is 0 Å². The number of aliphatic hydroxyl groups excluding tert-OH is 1. The molecule has 2 unspecified atom stereocenters. The van der Waals surface area contributed by atoms with Gasteiger partial charge in [-0.3, -0.25) is 0 Å². The molecule has 1 aromatic rings. The molecule has 0 saturated carbocycles. The molecule has 2 rings (SSSR count). The second-order valence-electron chi connectivity index (χ2n) is 4.07. The van der Waals surface area contributed by atoms with E-state index in [0.717, 1.165) is 11.1 Å². The van der Waals surface area contributed by atoms with E-state index in [4.69, 9.17) is 0 Å². The molecule has 2 atom stereocenters. The van der Waals surface area contributed by atoms with E-state index in [1.807, 2.05) is 24.3 Å². The summed E-state index contributed by atoms with van der Waals surface area (Å²) >= 11 is 0. The molecule has 17 heavy (non-hydrogen) atoms.